The summed E-state index contributed by atoms with van der Waals surface area (Å²) in [6.07, 6.45) is 0. The van der Waals surface area contributed by atoms with Crippen LogP contribution in [0.15, 0.2) is 35.7 Å². The molecular formula is C15H15N3OS. The second kappa shape index (κ2) is 5.56. The number of benzene rings is 1. The van der Waals surface area contributed by atoms with Gasteiger partial charge in [-0.25, -0.2) is 4.98 Å². The molecule has 0 atom stereocenters. The standard InChI is InChI=1S/C15H15N3OS/c1-10-6-14(12-4-2-3-5-13(12)17-10)19-8-11-9-20-15(7-16)18-11/h2-6,9H,7-8,16H2,1H3. The summed E-state index contributed by atoms with van der Waals surface area (Å²) >= 11 is 1.56. The van der Waals surface area contributed by atoms with Crippen LogP contribution in [0.4, 0.5) is 0 Å². The molecule has 0 spiro atoms. The number of aryl methyl sites for hydroxylation is 1. The first-order chi connectivity index (χ1) is 9.76. The molecule has 0 aliphatic carbocycles. The summed E-state index contributed by atoms with van der Waals surface area (Å²) in [4.78, 5) is 8.90. The topological polar surface area (TPSA) is 61.0 Å². The van der Waals surface area contributed by atoms with E-state index in [1.165, 1.54) is 0 Å². The van der Waals surface area contributed by atoms with Gasteiger partial charge < -0.3 is 10.5 Å². The summed E-state index contributed by atoms with van der Waals surface area (Å²) in [6.45, 7) is 2.89. The first-order valence-corrected chi connectivity index (χ1v) is 7.27. The first-order valence-electron chi connectivity index (χ1n) is 6.39. The molecular weight excluding hydrogens is 270 g/mol. The highest BCUT2D eigenvalue weighted by atomic mass is 32.1. The smallest absolute Gasteiger partial charge is 0.131 e. The van der Waals surface area contributed by atoms with Gasteiger partial charge in [0.05, 0.1) is 11.2 Å². The number of aromatic nitrogens is 2. The lowest BCUT2D eigenvalue weighted by molar-refractivity contribution is 0.305. The maximum Gasteiger partial charge on any atom is 0.131 e. The molecule has 0 saturated heterocycles. The first kappa shape index (κ1) is 13.0. The molecule has 2 heterocycles. The average molecular weight is 285 g/mol. The summed E-state index contributed by atoms with van der Waals surface area (Å²) < 4.78 is 5.91. The van der Waals surface area contributed by atoms with Crippen LogP contribution >= 0.6 is 11.3 Å². The van der Waals surface area contributed by atoms with E-state index < -0.39 is 0 Å². The van der Waals surface area contributed by atoms with Crippen molar-refractivity contribution in [3.05, 3.63) is 52.1 Å². The largest absolute Gasteiger partial charge is 0.486 e. The van der Waals surface area contributed by atoms with Gasteiger partial charge >= 0.3 is 0 Å². The van der Waals surface area contributed by atoms with Gasteiger partial charge in [0.2, 0.25) is 0 Å². The van der Waals surface area contributed by atoms with Crippen LogP contribution in [-0.2, 0) is 13.2 Å². The van der Waals surface area contributed by atoms with E-state index in [0.717, 1.165) is 33.0 Å². The van der Waals surface area contributed by atoms with Crippen molar-refractivity contribution in [2.24, 2.45) is 5.73 Å². The number of fused-ring (bicyclic) bond motifs is 1. The molecule has 0 radical (unpaired) electrons. The fourth-order valence-electron chi connectivity index (χ4n) is 2.05. The van der Waals surface area contributed by atoms with Crippen molar-refractivity contribution in [2.75, 3.05) is 0 Å². The Hall–Kier alpha value is -1.98. The van der Waals surface area contributed by atoms with Crippen molar-refractivity contribution in [2.45, 2.75) is 20.1 Å². The zero-order valence-electron chi connectivity index (χ0n) is 11.2. The van der Waals surface area contributed by atoms with Gasteiger partial charge in [-0.05, 0) is 19.1 Å². The number of para-hydroxylation sites is 1. The summed E-state index contributed by atoms with van der Waals surface area (Å²) in [5.74, 6) is 0.843. The quantitative estimate of drug-likeness (QED) is 0.800. The van der Waals surface area contributed by atoms with Crippen molar-refractivity contribution in [3.8, 4) is 5.75 Å². The minimum absolute atomic E-state index is 0.448. The molecule has 0 bridgehead atoms. The van der Waals surface area contributed by atoms with Crippen LogP contribution in [0.25, 0.3) is 10.9 Å². The normalized spacial score (nSPS) is 10.9. The zero-order chi connectivity index (χ0) is 13.9. The lowest BCUT2D eigenvalue weighted by Gasteiger charge is -2.09. The highest BCUT2D eigenvalue weighted by molar-refractivity contribution is 7.09. The molecule has 0 fully saturated rings. The molecule has 20 heavy (non-hydrogen) atoms. The Bertz CT molecular complexity index is 739. The van der Waals surface area contributed by atoms with Gasteiger partial charge in [-0.15, -0.1) is 11.3 Å². The van der Waals surface area contributed by atoms with Crippen molar-refractivity contribution in [1.29, 1.82) is 0 Å². The number of rotatable bonds is 4. The van der Waals surface area contributed by atoms with E-state index in [2.05, 4.69) is 9.97 Å². The van der Waals surface area contributed by atoms with Crippen LogP contribution < -0.4 is 10.5 Å². The third-order valence-corrected chi connectivity index (χ3v) is 3.88. The molecule has 3 aromatic rings. The van der Waals surface area contributed by atoms with E-state index in [1.54, 1.807) is 11.3 Å². The van der Waals surface area contributed by atoms with E-state index in [0.29, 0.717) is 13.2 Å². The predicted molar refractivity (Wildman–Crippen MR) is 80.8 cm³/mol. The van der Waals surface area contributed by atoms with Gasteiger partial charge in [0, 0.05) is 29.1 Å². The van der Waals surface area contributed by atoms with Crippen LogP contribution in [0.1, 0.15) is 16.4 Å². The number of pyridine rings is 1. The predicted octanol–water partition coefficient (Wildman–Crippen LogP) is 3.04. The fraction of sp³-hybridized carbons (Fsp3) is 0.200. The Morgan fingerprint density at radius 2 is 2.10 bits per heavy atom. The molecule has 3 rings (SSSR count). The Balaban J connectivity index is 1.86. The van der Waals surface area contributed by atoms with Gasteiger partial charge in [0.25, 0.3) is 0 Å². The van der Waals surface area contributed by atoms with E-state index in [9.17, 15) is 0 Å². The third-order valence-electron chi connectivity index (χ3n) is 2.96. The molecule has 2 aromatic heterocycles. The highest BCUT2D eigenvalue weighted by Crippen LogP contribution is 2.26. The van der Waals surface area contributed by atoms with Crippen molar-refractivity contribution in [3.63, 3.8) is 0 Å². The van der Waals surface area contributed by atoms with E-state index >= 15 is 0 Å². The number of nitrogens with two attached hydrogens (primary N) is 1. The maximum absolute atomic E-state index is 5.91. The molecule has 0 aliphatic rings. The second-order valence-corrected chi connectivity index (χ2v) is 5.45. The van der Waals surface area contributed by atoms with Gasteiger partial charge in [-0.2, -0.15) is 0 Å². The molecule has 0 unspecified atom stereocenters. The Morgan fingerprint density at radius 3 is 2.90 bits per heavy atom. The highest BCUT2D eigenvalue weighted by Gasteiger charge is 2.06. The van der Waals surface area contributed by atoms with Gasteiger partial charge in [-0.1, -0.05) is 12.1 Å². The summed E-state index contributed by atoms with van der Waals surface area (Å²) in [5, 5.41) is 3.94. The van der Waals surface area contributed by atoms with Gasteiger partial charge in [0.1, 0.15) is 17.4 Å². The number of ether oxygens (including phenoxy) is 1. The Morgan fingerprint density at radius 1 is 1.25 bits per heavy atom. The molecule has 1 aromatic carbocycles. The number of hydrogen-bond acceptors (Lipinski definition) is 5. The summed E-state index contributed by atoms with van der Waals surface area (Å²) in [6, 6.07) is 9.93. The molecule has 0 aliphatic heterocycles. The van der Waals surface area contributed by atoms with Crippen LogP contribution in [0.5, 0.6) is 5.75 Å². The minimum Gasteiger partial charge on any atom is -0.486 e. The lowest BCUT2D eigenvalue weighted by atomic mass is 10.2. The van der Waals surface area contributed by atoms with Crippen LogP contribution in [0, 0.1) is 6.92 Å². The van der Waals surface area contributed by atoms with Gasteiger partial charge in [-0.3, -0.25) is 4.98 Å². The molecule has 4 nitrogen and oxygen atoms in total. The Labute approximate surface area is 121 Å². The number of thiazole rings is 1. The fourth-order valence-corrected chi connectivity index (χ4v) is 2.71. The van der Waals surface area contributed by atoms with E-state index in [1.807, 2.05) is 42.6 Å². The van der Waals surface area contributed by atoms with Gasteiger partial charge in [0.15, 0.2) is 0 Å². The monoisotopic (exact) mass is 285 g/mol. The van der Waals surface area contributed by atoms with Crippen molar-refractivity contribution in [1.82, 2.24) is 9.97 Å². The van der Waals surface area contributed by atoms with E-state index in [-0.39, 0.29) is 0 Å². The third kappa shape index (κ3) is 2.64. The minimum atomic E-state index is 0.448. The van der Waals surface area contributed by atoms with Crippen LogP contribution in [0.3, 0.4) is 0 Å². The summed E-state index contributed by atoms with van der Waals surface area (Å²) in [7, 11) is 0. The number of nitrogens with zero attached hydrogens (tertiary/aromatic N) is 2. The number of hydrogen-bond donors (Lipinski definition) is 1. The van der Waals surface area contributed by atoms with Crippen LogP contribution in [-0.4, -0.2) is 9.97 Å². The average Bonchev–Trinajstić information content (AvgIpc) is 2.92. The second-order valence-electron chi connectivity index (χ2n) is 4.50. The molecule has 0 amide bonds. The molecule has 5 heteroatoms. The molecule has 2 N–H and O–H groups in total. The molecule has 0 saturated carbocycles. The molecule has 102 valence electrons. The van der Waals surface area contributed by atoms with Crippen molar-refractivity contribution >= 4 is 22.2 Å². The Kier molecular flexibility index (Phi) is 3.62. The zero-order valence-corrected chi connectivity index (χ0v) is 12.0. The van der Waals surface area contributed by atoms with Crippen LogP contribution in [0.2, 0.25) is 0 Å². The SMILES string of the molecule is Cc1cc(OCc2csc(CN)n2)c2ccccc2n1. The summed E-state index contributed by atoms with van der Waals surface area (Å²) in [5.41, 5.74) is 8.37. The van der Waals surface area contributed by atoms with E-state index in [4.69, 9.17) is 10.5 Å². The lowest BCUT2D eigenvalue weighted by Crippen LogP contribution is -2.00. The van der Waals surface area contributed by atoms with Crippen molar-refractivity contribution < 1.29 is 4.74 Å². The maximum atomic E-state index is 5.91.